The van der Waals surface area contributed by atoms with Gasteiger partial charge in [0.25, 0.3) is 0 Å². The molecule has 0 aromatic carbocycles. The Bertz CT molecular complexity index is 177. The van der Waals surface area contributed by atoms with Crippen LogP contribution in [0.2, 0.25) is 0 Å². The summed E-state index contributed by atoms with van der Waals surface area (Å²) in [6.45, 7) is 3.83. The van der Waals surface area contributed by atoms with Crippen LogP contribution in [0.4, 0.5) is 0 Å². The Balaban J connectivity index is 3.12. The van der Waals surface area contributed by atoms with Crippen molar-refractivity contribution in [3.63, 3.8) is 0 Å². The lowest BCUT2D eigenvalue weighted by molar-refractivity contribution is 0.0462. The smallest absolute Gasteiger partial charge is 0.197 e. The Morgan fingerprint density at radius 3 is 1.44 bits per heavy atom. The first-order valence-corrected chi connectivity index (χ1v) is 7.10. The highest BCUT2D eigenvalue weighted by atomic mass is 31.1. The van der Waals surface area contributed by atoms with Gasteiger partial charge in [0.15, 0.2) is 8.17 Å². The van der Waals surface area contributed by atoms with Crippen molar-refractivity contribution in [3.8, 4) is 0 Å². The van der Waals surface area contributed by atoms with Crippen LogP contribution in [0.5, 0.6) is 0 Å². The monoisotopic (exact) mass is 285 g/mol. The minimum atomic E-state index is -1.95. The highest BCUT2D eigenvalue weighted by molar-refractivity contribution is 7.34. The van der Waals surface area contributed by atoms with Gasteiger partial charge in [-0.15, -0.1) is 0 Å². The summed E-state index contributed by atoms with van der Waals surface area (Å²) in [5, 5.41) is 7.50. The van der Waals surface area contributed by atoms with Gasteiger partial charge in [-0.05, 0) is 0 Å². The van der Waals surface area contributed by atoms with Crippen LogP contribution in [-0.2, 0) is 28.0 Å². The maximum atomic E-state index is 7.50. The number of hydrogen-bond donors (Lipinski definition) is 1. The SMILES string of the molecule is COCCOCCO[PH](=N)OCCOCCOC. The fourth-order valence-corrected chi connectivity index (χ4v) is 1.54. The summed E-state index contributed by atoms with van der Waals surface area (Å²) in [5.41, 5.74) is 0. The van der Waals surface area contributed by atoms with Gasteiger partial charge in [-0.1, -0.05) is 0 Å². The van der Waals surface area contributed by atoms with Crippen molar-refractivity contribution in [2.75, 3.05) is 67.1 Å². The van der Waals surface area contributed by atoms with E-state index in [0.717, 1.165) is 0 Å². The van der Waals surface area contributed by atoms with Gasteiger partial charge in [-0.3, -0.25) is 5.16 Å². The van der Waals surface area contributed by atoms with Gasteiger partial charge in [0.05, 0.1) is 52.9 Å². The first-order chi connectivity index (χ1) is 8.81. The lowest BCUT2D eigenvalue weighted by Gasteiger charge is -2.09. The lowest BCUT2D eigenvalue weighted by Crippen LogP contribution is -2.08. The average molecular weight is 285 g/mol. The van der Waals surface area contributed by atoms with Crippen LogP contribution in [0.1, 0.15) is 0 Å². The molecule has 8 heteroatoms. The maximum Gasteiger partial charge on any atom is 0.197 e. The third-order valence-electron chi connectivity index (χ3n) is 1.79. The normalized spacial score (nSPS) is 11.3. The molecule has 0 aliphatic carbocycles. The van der Waals surface area contributed by atoms with E-state index in [1.54, 1.807) is 14.2 Å². The molecule has 0 rings (SSSR count). The fraction of sp³-hybridized carbons (Fsp3) is 1.00. The quantitative estimate of drug-likeness (QED) is 0.381. The number of nitrogens with one attached hydrogen (secondary N) is 1. The van der Waals surface area contributed by atoms with Crippen molar-refractivity contribution in [2.24, 2.45) is 0 Å². The van der Waals surface area contributed by atoms with E-state index in [-0.39, 0.29) is 0 Å². The van der Waals surface area contributed by atoms with Crippen molar-refractivity contribution < 1.29 is 28.0 Å². The zero-order chi connectivity index (χ0) is 13.5. The van der Waals surface area contributed by atoms with E-state index in [4.69, 9.17) is 33.2 Å². The van der Waals surface area contributed by atoms with Crippen molar-refractivity contribution >= 4 is 8.17 Å². The van der Waals surface area contributed by atoms with Crippen LogP contribution in [-0.4, -0.2) is 67.1 Å². The molecule has 1 N–H and O–H groups in total. The minimum Gasteiger partial charge on any atom is -0.382 e. The van der Waals surface area contributed by atoms with Crippen LogP contribution >= 0.6 is 8.17 Å². The van der Waals surface area contributed by atoms with E-state index in [1.165, 1.54) is 0 Å². The van der Waals surface area contributed by atoms with E-state index in [9.17, 15) is 0 Å². The molecule has 0 atom stereocenters. The molecule has 0 aromatic rings. The summed E-state index contributed by atoms with van der Waals surface area (Å²) >= 11 is 0. The van der Waals surface area contributed by atoms with Crippen molar-refractivity contribution in [1.29, 1.82) is 5.16 Å². The predicted octanol–water partition coefficient (Wildman–Crippen LogP) is 1.15. The second-order valence-corrected chi connectivity index (χ2v) is 4.35. The Morgan fingerprint density at radius 2 is 1.06 bits per heavy atom. The Hall–Kier alpha value is -0.0100. The zero-order valence-corrected chi connectivity index (χ0v) is 12.1. The molecule has 0 aromatic heterocycles. The van der Waals surface area contributed by atoms with Gasteiger partial charge in [0, 0.05) is 14.2 Å². The molecule has 0 aliphatic heterocycles. The third-order valence-corrected chi connectivity index (χ3v) is 2.72. The molecule has 0 radical (unpaired) electrons. The van der Waals surface area contributed by atoms with Gasteiger partial charge < -0.3 is 28.0 Å². The van der Waals surface area contributed by atoms with E-state index < -0.39 is 8.17 Å². The molecular weight excluding hydrogens is 261 g/mol. The molecule has 18 heavy (non-hydrogen) atoms. The Kier molecular flexibility index (Phi) is 15.0. The lowest BCUT2D eigenvalue weighted by atomic mass is 10.7. The molecule has 110 valence electrons. The van der Waals surface area contributed by atoms with Gasteiger partial charge in [0.1, 0.15) is 0 Å². The van der Waals surface area contributed by atoms with Crippen LogP contribution in [0.15, 0.2) is 0 Å². The molecule has 7 nitrogen and oxygen atoms in total. The standard InChI is InChI=1S/C10H24NO6P/c1-12-3-5-14-7-9-16-18(11)17-10-8-15-6-4-13-2/h11,18H,3-10H2,1-2H3. The number of hydrogen-bond acceptors (Lipinski definition) is 7. The van der Waals surface area contributed by atoms with Gasteiger partial charge in [-0.25, -0.2) is 0 Å². The van der Waals surface area contributed by atoms with E-state index >= 15 is 0 Å². The van der Waals surface area contributed by atoms with Crippen LogP contribution in [0.3, 0.4) is 0 Å². The molecule has 0 saturated carbocycles. The highest BCUT2D eigenvalue weighted by Gasteiger charge is 1.96. The minimum absolute atomic E-state index is 0.367. The molecule has 0 bridgehead atoms. The predicted molar refractivity (Wildman–Crippen MR) is 68.3 cm³/mol. The van der Waals surface area contributed by atoms with Gasteiger partial charge in [0.2, 0.25) is 0 Å². The fourth-order valence-electron chi connectivity index (χ4n) is 0.917. The van der Waals surface area contributed by atoms with Gasteiger partial charge >= 0.3 is 0 Å². The number of rotatable bonds is 14. The Labute approximate surface area is 109 Å². The van der Waals surface area contributed by atoms with Gasteiger partial charge in [-0.2, -0.15) is 0 Å². The zero-order valence-electron chi connectivity index (χ0n) is 11.1. The first-order valence-electron chi connectivity index (χ1n) is 5.78. The molecule has 0 aliphatic rings. The van der Waals surface area contributed by atoms with Crippen LogP contribution in [0.25, 0.3) is 0 Å². The largest absolute Gasteiger partial charge is 0.382 e. The van der Waals surface area contributed by atoms with E-state index in [2.05, 4.69) is 0 Å². The number of methoxy groups -OCH3 is 2. The van der Waals surface area contributed by atoms with Crippen molar-refractivity contribution in [3.05, 3.63) is 0 Å². The number of ether oxygens (including phenoxy) is 4. The van der Waals surface area contributed by atoms with Crippen molar-refractivity contribution in [2.45, 2.75) is 0 Å². The molecule has 0 fully saturated rings. The molecule has 0 amide bonds. The maximum absolute atomic E-state index is 7.50. The molecule has 0 saturated heterocycles. The first kappa shape index (κ1) is 18.0. The Morgan fingerprint density at radius 1 is 0.667 bits per heavy atom. The molecule has 0 unspecified atom stereocenters. The summed E-state index contributed by atoms with van der Waals surface area (Å²) in [6, 6.07) is 0. The van der Waals surface area contributed by atoms with Crippen LogP contribution < -0.4 is 0 Å². The second-order valence-electron chi connectivity index (χ2n) is 3.19. The van der Waals surface area contributed by atoms with E-state index in [1.807, 2.05) is 0 Å². The molecule has 0 spiro atoms. The van der Waals surface area contributed by atoms with Crippen molar-refractivity contribution in [1.82, 2.24) is 0 Å². The van der Waals surface area contributed by atoms with Crippen LogP contribution in [0, 0.1) is 5.16 Å². The highest BCUT2D eigenvalue weighted by Crippen LogP contribution is 2.23. The summed E-state index contributed by atoms with van der Waals surface area (Å²) < 4.78 is 30.3. The summed E-state index contributed by atoms with van der Waals surface area (Å²) in [5.74, 6) is 0. The van der Waals surface area contributed by atoms with E-state index in [0.29, 0.717) is 52.9 Å². The summed E-state index contributed by atoms with van der Waals surface area (Å²) in [4.78, 5) is 0. The average Bonchev–Trinajstić information content (AvgIpc) is 2.38. The summed E-state index contributed by atoms with van der Waals surface area (Å²) in [7, 11) is 1.29. The topological polar surface area (TPSA) is 79.2 Å². The second kappa shape index (κ2) is 15.0. The third kappa shape index (κ3) is 14.1. The summed E-state index contributed by atoms with van der Waals surface area (Å²) in [6.07, 6.45) is 0. The molecular formula is C10H24NO6P. The molecule has 0 heterocycles.